The molecule has 0 bridgehead atoms. The Morgan fingerprint density at radius 3 is 2.71 bits per heavy atom. The highest BCUT2D eigenvalue weighted by Gasteiger charge is 2.39. The van der Waals surface area contributed by atoms with Crippen LogP contribution in [0.4, 0.5) is 5.69 Å². The van der Waals surface area contributed by atoms with E-state index in [0.717, 1.165) is 40.7 Å². The minimum Gasteiger partial charge on any atom is -0.490 e. The molecule has 2 heterocycles. The summed E-state index contributed by atoms with van der Waals surface area (Å²) in [7, 11) is -2.09. The average Bonchev–Trinajstić information content (AvgIpc) is 3.25. The first-order chi connectivity index (χ1) is 16.7. The number of aliphatic hydroxyl groups excluding tert-OH is 1. The molecule has 186 valence electrons. The molecule has 1 aromatic heterocycles. The Morgan fingerprint density at radius 1 is 1.17 bits per heavy atom. The number of hydrogen-bond donors (Lipinski definition) is 2. The van der Waals surface area contributed by atoms with Gasteiger partial charge in [0.2, 0.25) is 10.0 Å². The highest BCUT2D eigenvalue weighted by atomic mass is 32.2. The molecule has 2 aromatic carbocycles. The van der Waals surface area contributed by atoms with E-state index in [1.54, 1.807) is 24.3 Å². The summed E-state index contributed by atoms with van der Waals surface area (Å²) in [5.41, 5.74) is 3.66. The minimum atomic E-state index is -4.03. The molecule has 3 aromatic rings. The zero-order chi connectivity index (χ0) is 24.9. The van der Waals surface area contributed by atoms with E-state index in [-0.39, 0.29) is 17.0 Å². The molecule has 1 aliphatic carbocycles. The zero-order valence-corrected chi connectivity index (χ0v) is 21.1. The van der Waals surface area contributed by atoms with Gasteiger partial charge in [-0.2, -0.15) is 4.31 Å². The largest absolute Gasteiger partial charge is 0.490 e. The summed E-state index contributed by atoms with van der Waals surface area (Å²) < 4.78 is 34.9. The number of rotatable bonds is 5. The summed E-state index contributed by atoms with van der Waals surface area (Å²) in [6, 6.07) is 9.94. The average molecular weight is 498 g/mol. The van der Waals surface area contributed by atoms with Crippen LogP contribution < -0.4 is 15.2 Å². The van der Waals surface area contributed by atoms with Gasteiger partial charge in [0.15, 0.2) is 0 Å². The van der Waals surface area contributed by atoms with Crippen molar-refractivity contribution >= 4 is 26.6 Å². The Labute approximate surface area is 205 Å². The van der Waals surface area contributed by atoms with E-state index in [1.165, 1.54) is 4.31 Å². The van der Waals surface area contributed by atoms with Crippen LogP contribution in [-0.2, 0) is 16.6 Å². The number of aliphatic hydroxyl groups is 1. The number of pyridine rings is 1. The molecule has 0 spiro atoms. The monoisotopic (exact) mass is 497 g/mol. The molecule has 1 saturated carbocycles. The van der Waals surface area contributed by atoms with Crippen molar-refractivity contribution in [3.05, 3.63) is 63.4 Å². The molecule has 2 atom stereocenters. The summed E-state index contributed by atoms with van der Waals surface area (Å²) in [5.74, 6) is 0.515. The normalized spacial score (nSPS) is 20.3. The SMILES string of the molecule is Cc1ccc2cc(CN([C@@H]3CCC[C@@H]3O)S(=O)(=O)c3ccc4c(c3)OCCN4C)c(=O)[nH]c2c1C. The van der Waals surface area contributed by atoms with Gasteiger partial charge in [-0.25, -0.2) is 8.42 Å². The highest BCUT2D eigenvalue weighted by Crippen LogP contribution is 2.36. The van der Waals surface area contributed by atoms with Gasteiger partial charge in [-0.15, -0.1) is 0 Å². The molecule has 1 aliphatic heterocycles. The van der Waals surface area contributed by atoms with E-state index in [9.17, 15) is 18.3 Å². The number of anilines is 1. The van der Waals surface area contributed by atoms with Gasteiger partial charge in [0.25, 0.3) is 5.56 Å². The summed E-state index contributed by atoms with van der Waals surface area (Å²) >= 11 is 0. The van der Waals surface area contributed by atoms with Crippen molar-refractivity contribution in [3.8, 4) is 5.75 Å². The summed E-state index contributed by atoms with van der Waals surface area (Å²) in [6.45, 7) is 5.01. The van der Waals surface area contributed by atoms with Crippen LogP contribution in [0.2, 0.25) is 0 Å². The van der Waals surface area contributed by atoms with E-state index < -0.39 is 22.2 Å². The van der Waals surface area contributed by atoms with Gasteiger partial charge in [-0.05, 0) is 67.8 Å². The van der Waals surface area contributed by atoms with Crippen molar-refractivity contribution < 1.29 is 18.3 Å². The number of aryl methyl sites for hydroxylation is 2. The van der Waals surface area contributed by atoms with E-state index in [0.29, 0.717) is 30.8 Å². The number of hydrogen-bond acceptors (Lipinski definition) is 6. The highest BCUT2D eigenvalue weighted by molar-refractivity contribution is 7.89. The Hall–Kier alpha value is -2.88. The van der Waals surface area contributed by atoms with Gasteiger partial charge in [0.1, 0.15) is 12.4 Å². The fraction of sp³-hybridized carbons (Fsp3) is 0.423. The number of ether oxygens (including phenoxy) is 1. The first-order valence-electron chi connectivity index (χ1n) is 12.0. The van der Waals surface area contributed by atoms with Gasteiger partial charge in [-0.1, -0.05) is 12.1 Å². The maximum Gasteiger partial charge on any atom is 0.252 e. The topological polar surface area (TPSA) is 103 Å². The fourth-order valence-corrected chi connectivity index (χ4v) is 6.81. The smallest absolute Gasteiger partial charge is 0.252 e. The molecule has 0 unspecified atom stereocenters. The maximum absolute atomic E-state index is 13.9. The number of nitrogens with one attached hydrogen (secondary N) is 1. The molecule has 35 heavy (non-hydrogen) atoms. The van der Waals surface area contributed by atoms with Crippen molar-refractivity contribution in [1.29, 1.82) is 0 Å². The summed E-state index contributed by atoms with van der Waals surface area (Å²) in [4.78, 5) is 18.1. The Kier molecular flexibility index (Phi) is 6.11. The van der Waals surface area contributed by atoms with Crippen LogP contribution >= 0.6 is 0 Å². The minimum absolute atomic E-state index is 0.0920. The van der Waals surface area contributed by atoms with Crippen molar-refractivity contribution in [2.45, 2.75) is 56.7 Å². The number of H-pyrrole nitrogens is 1. The van der Waals surface area contributed by atoms with E-state index in [1.807, 2.05) is 37.9 Å². The first kappa shape index (κ1) is 23.8. The number of aromatic nitrogens is 1. The van der Waals surface area contributed by atoms with Gasteiger partial charge in [-0.3, -0.25) is 4.79 Å². The molecular formula is C26H31N3O5S. The number of benzene rings is 2. The molecule has 0 radical (unpaired) electrons. The van der Waals surface area contributed by atoms with Crippen molar-refractivity contribution in [2.75, 3.05) is 25.1 Å². The fourth-order valence-electron chi connectivity index (χ4n) is 5.13. The maximum atomic E-state index is 13.9. The van der Waals surface area contributed by atoms with Crippen LogP contribution in [-0.4, -0.2) is 55.2 Å². The van der Waals surface area contributed by atoms with E-state index in [2.05, 4.69) is 4.98 Å². The summed E-state index contributed by atoms with van der Waals surface area (Å²) in [5, 5.41) is 11.5. The van der Waals surface area contributed by atoms with Crippen LogP contribution in [0.15, 0.2) is 46.1 Å². The number of sulfonamides is 1. The van der Waals surface area contributed by atoms with Gasteiger partial charge >= 0.3 is 0 Å². The van der Waals surface area contributed by atoms with Crippen molar-refractivity contribution in [3.63, 3.8) is 0 Å². The molecule has 2 aliphatic rings. The lowest BCUT2D eigenvalue weighted by molar-refractivity contribution is 0.110. The summed E-state index contributed by atoms with van der Waals surface area (Å²) in [6.07, 6.45) is 1.01. The molecule has 0 saturated heterocycles. The molecule has 5 rings (SSSR count). The predicted molar refractivity (Wildman–Crippen MR) is 136 cm³/mol. The van der Waals surface area contributed by atoms with Gasteiger partial charge in [0, 0.05) is 25.2 Å². The first-order valence-corrected chi connectivity index (χ1v) is 13.4. The second kappa shape index (κ2) is 8.96. The molecule has 1 fully saturated rings. The van der Waals surface area contributed by atoms with Crippen LogP contribution in [0.3, 0.4) is 0 Å². The lowest BCUT2D eigenvalue weighted by Gasteiger charge is -2.31. The Bertz CT molecular complexity index is 1450. The van der Waals surface area contributed by atoms with Crippen molar-refractivity contribution in [2.24, 2.45) is 0 Å². The van der Waals surface area contributed by atoms with Crippen molar-refractivity contribution in [1.82, 2.24) is 9.29 Å². The standard InChI is InChI=1S/C26H31N3O5S/c1-16-7-8-18-13-19(26(31)27-25(18)17(16)2)15-29(21-5-4-6-23(21)30)35(32,33)20-9-10-22-24(14-20)34-12-11-28(22)3/h7-10,13-14,21,23,30H,4-6,11-12,15H2,1-3H3,(H,27,31)/t21-,23+/m1/s1. The lowest BCUT2D eigenvalue weighted by atomic mass is 10.0. The molecule has 8 nitrogen and oxygen atoms in total. The number of likely N-dealkylation sites (N-methyl/N-ethyl adjacent to an activating group) is 1. The molecular weight excluding hydrogens is 466 g/mol. The van der Waals surface area contributed by atoms with Gasteiger partial charge < -0.3 is 19.7 Å². The van der Waals surface area contributed by atoms with E-state index in [4.69, 9.17) is 4.74 Å². The second-order valence-electron chi connectivity index (χ2n) is 9.61. The molecule has 9 heteroatoms. The van der Waals surface area contributed by atoms with Crippen LogP contribution in [0.5, 0.6) is 5.75 Å². The lowest BCUT2D eigenvalue weighted by Crippen LogP contribution is -2.44. The van der Waals surface area contributed by atoms with Crippen LogP contribution in [0.1, 0.15) is 36.0 Å². The zero-order valence-electron chi connectivity index (χ0n) is 20.2. The Morgan fingerprint density at radius 2 is 1.97 bits per heavy atom. The number of aromatic amines is 1. The number of fused-ring (bicyclic) bond motifs is 2. The molecule has 2 N–H and O–H groups in total. The predicted octanol–water partition coefficient (Wildman–Crippen LogP) is 3.08. The third-order valence-corrected chi connectivity index (χ3v) is 9.27. The molecule has 0 amide bonds. The Balaban J connectivity index is 1.58. The third-order valence-electron chi connectivity index (χ3n) is 7.40. The van der Waals surface area contributed by atoms with Gasteiger partial charge in [0.05, 0.1) is 34.8 Å². The number of nitrogens with zero attached hydrogens (tertiary/aromatic N) is 2. The van der Waals surface area contributed by atoms with E-state index >= 15 is 0 Å². The van der Waals surface area contributed by atoms with Crippen LogP contribution in [0.25, 0.3) is 10.9 Å². The van der Waals surface area contributed by atoms with Crippen LogP contribution in [0, 0.1) is 13.8 Å². The second-order valence-corrected chi connectivity index (χ2v) is 11.5. The quantitative estimate of drug-likeness (QED) is 0.562. The third kappa shape index (κ3) is 4.22.